The first-order chi connectivity index (χ1) is 14.7. The highest BCUT2D eigenvalue weighted by Gasteiger charge is 2.29. The zero-order chi connectivity index (χ0) is 23.0. The fourth-order valence-electron chi connectivity index (χ4n) is 2.15. The van der Waals surface area contributed by atoms with Crippen LogP contribution in [0.4, 0.5) is 18.9 Å². The third-order valence-corrected chi connectivity index (χ3v) is 4.31. The Kier molecular flexibility index (Phi) is 8.54. The summed E-state index contributed by atoms with van der Waals surface area (Å²) in [6.45, 7) is -0.279. The van der Waals surface area contributed by atoms with Gasteiger partial charge in [0.15, 0.2) is 0 Å². The number of nitrogens with one attached hydrogen (secondary N) is 2. The number of carbonyl (C=O) groups is 1. The molecule has 0 bridgehead atoms. The van der Waals surface area contributed by atoms with Crippen LogP contribution in [0.2, 0.25) is 10.0 Å². The van der Waals surface area contributed by atoms with Crippen LogP contribution in [-0.4, -0.2) is 31.6 Å². The normalized spacial score (nSPS) is 10.6. The van der Waals surface area contributed by atoms with Gasteiger partial charge in [0.05, 0.1) is 26.8 Å². The lowest BCUT2D eigenvalue weighted by Gasteiger charge is -2.10. The molecule has 0 saturated heterocycles. The van der Waals surface area contributed by atoms with Crippen LogP contribution in [0.1, 0.15) is 5.56 Å². The van der Waals surface area contributed by atoms with E-state index in [1.165, 1.54) is 12.1 Å². The number of hydrazine groups is 1. The molecule has 3 rings (SSSR count). The second kappa shape index (κ2) is 10.9. The fourth-order valence-corrected chi connectivity index (χ4v) is 2.53. The predicted molar refractivity (Wildman–Crippen MR) is 114 cm³/mol. The molecule has 0 unspecified atom stereocenters. The Balaban J connectivity index is 0.00000107. The number of rotatable bonds is 5. The number of alkyl halides is 3. The number of nitrogens with two attached hydrogens (primary N) is 1. The van der Waals surface area contributed by atoms with Gasteiger partial charge in [-0.3, -0.25) is 15.6 Å². The maximum Gasteiger partial charge on any atom is 0.416 e. The van der Waals surface area contributed by atoms with Gasteiger partial charge in [0.1, 0.15) is 6.54 Å². The summed E-state index contributed by atoms with van der Waals surface area (Å²) in [5.74, 6) is -0.350. The molecule has 4 N–H and O–H groups in total. The van der Waals surface area contributed by atoms with E-state index < -0.39 is 17.6 Å². The van der Waals surface area contributed by atoms with E-state index in [9.17, 15) is 18.0 Å². The lowest BCUT2D eigenvalue weighted by molar-refractivity contribution is -0.137. The average Bonchev–Trinajstić information content (AvgIpc) is 3.17. The van der Waals surface area contributed by atoms with E-state index in [2.05, 4.69) is 44.2 Å². The molecule has 1 aromatic heterocycles. The summed E-state index contributed by atoms with van der Waals surface area (Å²) >= 11 is 16.1. The molecule has 31 heavy (non-hydrogen) atoms. The minimum atomic E-state index is -4.43. The van der Waals surface area contributed by atoms with Crippen LogP contribution in [0.3, 0.4) is 0 Å². The number of tetrazole rings is 1. The van der Waals surface area contributed by atoms with Crippen LogP contribution in [0.25, 0.3) is 11.4 Å². The van der Waals surface area contributed by atoms with E-state index in [1.54, 1.807) is 18.2 Å². The summed E-state index contributed by atoms with van der Waals surface area (Å²) in [4.78, 5) is 13.0. The lowest BCUT2D eigenvalue weighted by Crippen LogP contribution is -2.33. The molecule has 0 spiro atoms. The van der Waals surface area contributed by atoms with Gasteiger partial charge in [0.2, 0.25) is 5.82 Å². The average molecular weight is 492 g/mol. The van der Waals surface area contributed by atoms with Crippen LogP contribution in [0, 0.1) is 0 Å². The summed E-state index contributed by atoms with van der Waals surface area (Å²) in [6.07, 6.45) is -4.43. The first kappa shape index (κ1) is 24.3. The van der Waals surface area contributed by atoms with Gasteiger partial charge in [-0.25, -0.2) is 0 Å². The Bertz CT molecular complexity index is 1040. The molecular formula is C17H14Cl2F3N7OS. The number of anilines is 1. The van der Waals surface area contributed by atoms with Gasteiger partial charge in [-0.2, -0.15) is 18.0 Å². The van der Waals surface area contributed by atoms with Gasteiger partial charge in [0.25, 0.3) is 5.91 Å². The van der Waals surface area contributed by atoms with Crippen molar-refractivity contribution in [2.24, 2.45) is 5.73 Å². The number of hydrogen-bond acceptors (Lipinski definition) is 6. The van der Waals surface area contributed by atoms with Crippen molar-refractivity contribution in [1.82, 2.24) is 25.6 Å². The summed E-state index contributed by atoms with van der Waals surface area (Å²) in [5.41, 5.74) is 10.4. The number of halogens is 5. The number of carbonyl (C=O) groups excluding carboxylic acids is 1. The number of benzene rings is 2. The van der Waals surface area contributed by atoms with Crippen molar-refractivity contribution >= 4 is 52.5 Å². The van der Waals surface area contributed by atoms with Crippen LogP contribution < -0.4 is 16.6 Å². The molecule has 0 aliphatic heterocycles. The zero-order valence-corrected chi connectivity index (χ0v) is 17.7. The number of aromatic nitrogens is 4. The van der Waals surface area contributed by atoms with E-state index in [0.717, 1.165) is 22.4 Å². The molecule has 2 aromatic carbocycles. The largest absolute Gasteiger partial charge is 0.416 e. The van der Waals surface area contributed by atoms with E-state index in [1.807, 2.05) is 0 Å². The smallest absolute Gasteiger partial charge is 0.396 e. The lowest BCUT2D eigenvalue weighted by atomic mass is 10.2. The monoisotopic (exact) mass is 491 g/mol. The third-order valence-electron chi connectivity index (χ3n) is 3.49. The Morgan fingerprint density at radius 3 is 2.45 bits per heavy atom. The van der Waals surface area contributed by atoms with Gasteiger partial charge in [-0.1, -0.05) is 41.5 Å². The molecular weight excluding hydrogens is 478 g/mol. The number of nitrogens with zero attached hydrogens (tertiary/aromatic N) is 4. The first-order valence-electron chi connectivity index (χ1n) is 8.25. The van der Waals surface area contributed by atoms with E-state index in [-0.39, 0.29) is 23.1 Å². The summed E-state index contributed by atoms with van der Waals surface area (Å²) in [5, 5.41) is 12.2. The van der Waals surface area contributed by atoms with Crippen molar-refractivity contribution in [2.45, 2.75) is 12.7 Å². The van der Waals surface area contributed by atoms with Gasteiger partial charge >= 0.3 is 6.18 Å². The van der Waals surface area contributed by atoms with Crippen molar-refractivity contribution < 1.29 is 18.0 Å². The SMILES string of the molecule is NC=S.O=C(Cn1nnc(-c2cccc(Cl)c2Cl)n1)NNc1ccc(C(F)(F)F)cc1. The Morgan fingerprint density at radius 2 is 1.84 bits per heavy atom. The third kappa shape index (κ3) is 7.05. The van der Waals surface area contributed by atoms with E-state index >= 15 is 0 Å². The Morgan fingerprint density at radius 1 is 1.19 bits per heavy atom. The van der Waals surface area contributed by atoms with Crippen molar-refractivity contribution in [3.8, 4) is 11.4 Å². The molecule has 0 aliphatic carbocycles. The second-order valence-corrected chi connectivity index (χ2v) is 6.69. The van der Waals surface area contributed by atoms with Crippen LogP contribution in [-0.2, 0) is 17.5 Å². The van der Waals surface area contributed by atoms with Crippen LogP contribution >= 0.6 is 35.4 Å². The van der Waals surface area contributed by atoms with Crippen molar-refractivity contribution in [3.63, 3.8) is 0 Å². The molecule has 164 valence electrons. The molecule has 0 saturated carbocycles. The predicted octanol–water partition coefficient (Wildman–Crippen LogP) is 3.71. The molecule has 1 amide bonds. The Labute approximate surface area is 189 Å². The minimum Gasteiger partial charge on any atom is -0.396 e. The fraction of sp³-hybridized carbons (Fsp3) is 0.118. The van der Waals surface area contributed by atoms with Crippen molar-refractivity contribution in [3.05, 3.63) is 58.1 Å². The summed E-state index contributed by atoms with van der Waals surface area (Å²) < 4.78 is 37.6. The van der Waals surface area contributed by atoms with Crippen molar-refractivity contribution in [2.75, 3.05) is 5.43 Å². The summed E-state index contributed by atoms with van der Waals surface area (Å²) in [6, 6.07) is 9.11. The molecule has 3 aromatic rings. The molecule has 0 radical (unpaired) electrons. The number of hydrogen-bond donors (Lipinski definition) is 3. The van der Waals surface area contributed by atoms with Gasteiger partial charge in [-0.15, -0.1) is 10.2 Å². The van der Waals surface area contributed by atoms with E-state index in [0.29, 0.717) is 10.6 Å². The number of amides is 1. The van der Waals surface area contributed by atoms with Crippen molar-refractivity contribution in [1.29, 1.82) is 0 Å². The van der Waals surface area contributed by atoms with Gasteiger partial charge in [0, 0.05) is 5.56 Å². The number of thiocarbonyl (C=S) groups is 1. The second-order valence-electron chi connectivity index (χ2n) is 5.63. The molecule has 0 fully saturated rings. The molecule has 1 heterocycles. The first-order valence-corrected chi connectivity index (χ1v) is 9.48. The van der Waals surface area contributed by atoms with Gasteiger partial charge in [-0.05, 0) is 41.6 Å². The topological polar surface area (TPSA) is 111 Å². The van der Waals surface area contributed by atoms with Gasteiger partial charge < -0.3 is 5.73 Å². The molecule has 8 nitrogen and oxygen atoms in total. The van der Waals surface area contributed by atoms with Crippen LogP contribution in [0.5, 0.6) is 0 Å². The Hall–Kier alpha value is -2.96. The quantitative estimate of drug-likeness (QED) is 0.368. The van der Waals surface area contributed by atoms with E-state index in [4.69, 9.17) is 23.2 Å². The maximum absolute atomic E-state index is 12.5. The maximum atomic E-state index is 12.5. The summed E-state index contributed by atoms with van der Waals surface area (Å²) in [7, 11) is 0. The standard InChI is InChI=1S/C16H11Cl2F3N6O.CH3NS/c17-12-3-1-2-11(14(12)18)15-24-26-27(25-15)8-13(28)23-22-10-6-4-9(5-7-10)16(19,20)21;2-1-3/h1-7,22H,8H2,(H,23,28);1H,(H2,2,3). The van der Waals surface area contributed by atoms with Crippen LogP contribution in [0.15, 0.2) is 42.5 Å². The highest BCUT2D eigenvalue weighted by atomic mass is 35.5. The zero-order valence-electron chi connectivity index (χ0n) is 15.4. The highest BCUT2D eigenvalue weighted by molar-refractivity contribution is 7.78. The molecule has 14 heteroatoms. The molecule has 0 aliphatic rings. The molecule has 0 atom stereocenters. The highest BCUT2D eigenvalue weighted by Crippen LogP contribution is 2.31. The minimum absolute atomic E-state index is 0.191.